The van der Waals surface area contributed by atoms with Crippen LogP contribution in [0.3, 0.4) is 0 Å². The molecule has 10 heteroatoms. The molecule has 0 saturated carbocycles. The first-order valence-electron chi connectivity index (χ1n) is 10.8. The van der Waals surface area contributed by atoms with Crippen molar-refractivity contribution in [3.63, 3.8) is 0 Å². The van der Waals surface area contributed by atoms with Gasteiger partial charge in [-0.15, -0.1) is 0 Å². The van der Waals surface area contributed by atoms with Crippen LogP contribution in [-0.2, 0) is 7.05 Å². The standard InChI is InChI=1S/C24H22F2N6O2/c1-30-15-18(14-28-30)22(33)29-19-3-2-4-20(12-19)32-8-5-16-11-17(13-27-21(16)32)23(34)31-9-6-24(25,26)7-10-31/h2-5,8,11-15H,6-7,9-10H2,1H3,(H,29,33). The van der Waals surface area contributed by atoms with Crippen LogP contribution in [0.1, 0.15) is 33.6 Å². The zero-order chi connectivity index (χ0) is 23.9. The molecule has 0 aliphatic carbocycles. The highest BCUT2D eigenvalue weighted by molar-refractivity contribution is 6.04. The number of hydrogen-bond acceptors (Lipinski definition) is 4. The molecular formula is C24H22F2N6O2. The Hall–Kier alpha value is -4.08. The Morgan fingerprint density at radius 1 is 1.06 bits per heavy atom. The van der Waals surface area contributed by atoms with Crippen LogP contribution in [0.2, 0.25) is 0 Å². The van der Waals surface area contributed by atoms with Crippen molar-refractivity contribution in [2.45, 2.75) is 18.8 Å². The lowest BCUT2D eigenvalue weighted by atomic mass is 10.1. The van der Waals surface area contributed by atoms with Gasteiger partial charge in [-0.1, -0.05) is 6.07 Å². The van der Waals surface area contributed by atoms with Gasteiger partial charge in [-0.25, -0.2) is 13.8 Å². The monoisotopic (exact) mass is 464 g/mol. The SMILES string of the molecule is Cn1cc(C(=O)Nc2cccc(-n3ccc4cc(C(=O)N5CCC(F)(F)CC5)cnc43)c2)cn1. The van der Waals surface area contributed by atoms with Gasteiger partial charge in [0.1, 0.15) is 5.65 Å². The quantitative estimate of drug-likeness (QED) is 0.497. The number of carbonyl (C=O) groups excluding carboxylic acids is 2. The number of aromatic nitrogens is 4. The molecule has 1 N–H and O–H groups in total. The number of halogens is 2. The van der Waals surface area contributed by atoms with E-state index >= 15 is 0 Å². The molecule has 5 rings (SSSR count). The van der Waals surface area contributed by atoms with Gasteiger partial charge in [0.15, 0.2) is 0 Å². The summed E-state index contributed by atoms with van der Waals surface area (Å²) >= 11 is 0. The molecule has 1 aliphatic heterocycles. The van der Waals surface area contributed by atoms with Crippen LogP contribution in [0.25, 0.3) is 16.7 Å². The molecule has 1 aromatic carbocycles. The molecule has 1 fully saturated rings. The van der Waals surface area contributed by atoms with Gasteiger partial charge < -0.3 is 14.8 Å². The van der Waals surface area contributed by atoms with Gasteiger partial charge in [-0.05, 0) is 30.3 Å². The molecule has 4 aromatic rings. The summed E-state index contributed by atoms with van der Waals surface area (Å²) in [5.41, 5.74) is 2.85. The third-order valence-electron chi connectivity index (χ3n) is 5.90. The van der Waals surface area contributed by atoms with Crippen molar-refractivity contribution in [2.24, 2.45) is 7.05 Å². The summed E-state index contributed by atoms with van der Waals surface area (Å²) in [4.78, 5) is 31.2. The van der Waals surface area contributed by atoms with E-state index in [0.29, 0.717) is 22.5 Å². The van der Waals surface area contributed by atoms with Crippen LogP contribution in [0.4, 0.5) is 14.5 Å². The smallest absolute Gasteiger partial charge is 0.258 e. The van der Waals surface area contributed by atoms with Crippen molar-refractivity contribution in [2.75, 3.05) is 18.4 Å². The number of nitrogens with zero attached hydrogens (tertiary/aromatic N) is 5. The zero-order valence-electron chi connectivity index (χ0n) is 18.4. The normalized spacial score (nSPS) is 15.4. The van der Waals surface area contributed by atoms with Crippen LogP contribution in [0.5, 0.6) is 0 Å². The summed E-state index contributed by atoms with van der Waals surface area (Å²) in [7, 11) is 1.74. The number of fused-ring (bicyclic) bond motifs is 1. The van der Waals surface area contributed by atoms with Crippen molar-refractivity contribution in [1.29, 1.82) is 0 Å². The Kier molecular flexibility index (Phi) is 5.35. The number of amides is 2. The number of carbonyl (C=O) groups is 2. The Labute approximate surface area is 193 Å². The van der Waals surface area contributed by atoms with Crippen molar-refractivity contribution < 1.29 is 18.4 Å². The predicted octanol–water partition coefficient (Wildman–Crippen LogP) is 3.88. The minimum atomic E-state index is -2.71. The molecule has 1 saturated heterocycles. The maximum absolute atomic E-state index is 13.4. The van der Waals surface area contributed by atoms with Gasteiger partial charge >= 0.3 is 0 Å². The highest BCUT2D eigenvalue weighted by Gasteiger charge is 2.35. The second-order valence-corrected chi connectivity index (χ2v) is 8.38. The fraction of sp³-hybridized carbons (Fsp3) is 0.250. The molecule has 0 atom stereocenters. The lowest BCUT2D eigenvalue weighted by molar-refractivity contribution is -0.0494. The highest BCUT2D eigenvalue weighted by atomic mass is 19.3. The van der Waals surface area contributed by atoms with Gasteiger partial charge in [0.2, 0.25) is 0 Å². The van der Waals surface area contributed by atoms with E-state index in [9.17, 15) is 18.4 Å². The van der Waals surface area contributed by atoms with E-state index in [2.05, 4.69) is 15.4 Å². The molecular weight excluding hydrogens is 442 g/mol. The molecule has 8 nitrogen and oxygen atoms in total. The molecule has 174 valence electrons. The van der Waals surface area contributed by atoms with Crippen LogP contribution in [-0.4, -0.2) is 55.1 Å². The molecule has 0 radical (unpaired) electrons. The summed E-state index contributed by atoms with van der Waals surface area (Å²) in [6.07, 6.45) is 5.79. The topological polar surface area (TPSA) is 85.0 Å². The molecule has 0 unspecified atom stereocenters. The Morgan fingerprint density at radius 2 is 1.85 bits per heavy atom. The average molecular weight is 464 g/mol. The summed E-state index contributed by atoms with van der Waals surface area (Å²) < 4.78 is 30.3. The molecule has 4 heterocycles. The first kappa shape index (κ1) is 21.7. The maximum atomic E-state index is 13.4. The summed E-state index contributed by atoms with van der Waals surface area (Å²) in [6.45, 7) is 0.0604. The molecule has 0 spiro atoms. The predicted molar refractivity (Wildman–Crippen MR) is 122 cm³/mol. The van der Waals surface area contributed by atoms with Crippen molar-refractivity contribution >= 4 is 28.5 Å². The maximum Gasteiger partial charge on any atom is 0.258 e. The number of likely N-dealkylation sites (tertiary alicyclic amines) is 1. The van der Waals surface area contributed by atoms with E-state index in [1.165, 1.54) is 17.3 Å². The van der Waals surface area contributed by atoms with E-state index in [1.807, 2.05) is 35.0 Å². The number of benzene rings is 1. The van der Waals surface area contributed by atoms with Gasteiger partial charge in [0, 0.05) is 68.3 Å². The molecule has 3 aromatic heterocycles. The van der Waals surface area contributed by atoms with Crippen LogP contribution >= 0.6 is 0 Å². The van der Waals surface area contributed by atoms with Gasteiger partial charge in [-0.2, -0.15) is 5.10 Å². The summed E-state index contributed by atoms with van der Waals surface area (Å²) in [5.74, 6) is -3.26. The van der Waals surface area contributed by atoms with Crippen molar-refractivity contribution in [3.05, 3.63) is 72.3 Å². The largest absolute Gasteiger partial charge is 0.338 e. The number of piperidine rings is 1. The van der Waals surface area contributed by atoms with Gasteiger partial charge in [0.25, 0.3) is 17.7 Å². The van der Waals surface area contributed by atoms with E-state index < -0.39 is 5.92 Å². The van der Waals surface area contributed by atoms with Crippen molar-refractivity contribution in [3.8, 4) is 5.69 Å². The van der Waals surface area contributed by atoms with Crippen LogP contribution in [0, 0.1) is 0 Å². The summed E-state index contributed by atoms with van der Waals surface area (Å²) in [6, 6.07) is 10.9. The highest BCUT2D eigenvalue weighted by Crippen LogP contribution is 2.29. The second-order valence-electron chi connectivity index (χ2n) is 8.38. The minimum absolute atomic E-state index is 0.0302. The molecule has 1 aliphatic rings. The zero-order valence-corrected chi connectivity index (χ0v) is 18.4. The fourth-order valence-electron chi connectivity index (χ4n) is 4.04. The number of anilines is 1. The Balaban J connectivity index is 1.36. The number of hydrogen-bond donors (Lipinski definition) is 1. The van der Waals surface area contributed by atoms with E-state index in [4.69, 9.17) is 0 Å². The van der Waals surface area contributed by atoms with Crippen LogP contribution in [0.15, 0.2) is 61.2 Å². The second kappa shape index (κ2) is 8.36. The number of nitrogens with one attached hydrogen (secondary N) is 1. The first-order valence-corrected chi connectivity index (χ1v) is 10.8. The van der Waals surface area contributed by atoms with E-state index in [0.717, 1.165) is 11.1 Å². The fourth-order valence-corrected chi connectivity index (χ4v) is 4.04. The molecule has 2 amide bonds. The number of pyridine rings is 1. The Bertz CT molecular complexity index is 1380. The minimum Gasteiger partial charge on any atom is -0.338 e. The number of aryl methyl sites for hydroxylation is 1. The Morgan fingerprint density at radius 3 is 2.59 bits per heavy atom. The van der Waals surface area contributed by atoms with E-state index in [-0.39, 0.29) is 37.7 Å². The first-order chi connectivity index (χ1) is 16.3. The van der Waals surface area contributed by atoms with Crippen LogP contribution < -0.4 is 5.32 Å². The van der Waals surface area contributed by atoms with Gasteiger partial charge in [-0.3, -0.25) is 14.3 Å². The van der Waals surface area contributed by atoms with Crippen molar-refractivity contribution in [1.82, 2.24) is 24.2 Å². The summed E-state index contributed by atoms with van der Waals surface area (Å²) in [5, 5.41) is 7.62. The molecule has 34 heavy (non-hydrogen) atoms. The number of rotatable bonds is 4. The lowest BCUT2D eigenvalue weighted by Gasteiger charge is -2.31. The van der Waals surface area contributed by atoms with Gasteiger partial charge in [0.05, 0.1) is 17.3 Å². The lowest BCUT2D eigenvalue weighted by Crippen LogP contribution is -2.42. The molecule has 0 bridgehead atoms. The average Bonchev–Trinajstić information content (AvgIpc) is 3.44. The third-order valence-corrected chi connectivity index (χ3v) is 5.90. The third kappa shape index (κ3) is 4.26. The van der Waals surface area contributed by atoms with E-state index in [1.54, 1.807) is 30.1 Å². The number of alkyl halides is 2.